The van der Waals surface area contributed by atoms with Crippen molar-refractivity contribution in [1.82, 2.24) is 5.32 Å². The number of carbonyl (C=O) groups excluding carboxylic acids is 2. The van der Waals surface area contributed by atoms with Gasteiger partial charge in [-0.3, -0.25) is 9.59 Å². The minimum Gasteiger partial charge on any atom is -0.493 e. The van der Waals surface area contributed by atoms with Gasteiger partial charge in [0.1, 0.15) is 0 Å². The molecule has 1 saturated heterocycles. The molecule has 2 amide bonds. The number of nitrogens with zero attached hydrogens (tertiary/aromatic N) is 1. The molecule has 8 nitrogen and oxygen atoms in total. The summed E-state index contributed by atoms with van der Waals surface area (Å²) in [6.45, 7) is 1.13. The molecule has 1 unspecified atom stereocenters. The van der Waals surface area contributed by atoms with Crippen LogP contribution in [0.2, 0.25) is 0 Å². The molecule has 2 aromatic rings. The van der Waals surface area contributed by atoms with Gasteiger partial charge in [0.25, 0.3) is 5.91 Å². The van der Waals surface area contributed by atoms with Gasteiger partial charge in [-0.25, -0.2) is 0 Å². The molecule has 1 atom stereocenters. The quantitative estimate of drug-likeness (QED) is 0.803. The fourth-order valence-electron chi connectivity index (χ4n) is 3.54. The summed E-state index contributed by atoms with van der Waals surface area (Å²) in [6.07, 6.45) is 0.376. The van der Waals surface area contributed by atoms with E-state index in [0.717, 1.165) is 5.69 Å². The number of amides is 2. The van der Waals surface area contributed by atoms with Crippen LogP contribution in [0.5, 0.6) is 23.0 Å². The molecule has 1 N–H and O–H groups in total. The third-order valence-corrected chi connectivity index (χ3v) is 5.07. The number of hydrogen-bond donors (Lipinski definition) is 1. The Hall–Kier alpha value is -3.42. The average Bonchev–Trinajstić information content (AvgIpc) is 3.36. The first kappa shape index (κ1) is 18.9. The highest BCUT2D eigenvalue weighted by molar-refractivity contribution is 5.97. The Kier molecular flexibility index (Phi) is 5.16. The number of fused-ring (bicyclic) bond motifs is 1. The zero-order chi connectivity index (χ0) is 20.4. The average molecular weight is 398 g/mol. The maximum absolute atomic E-state index is 12.5. The van der Waals surface area contributed by atoms with Crippen LogP contribution in [0.25, 0.3) is 0 Å². The lowest BCUT2D eigenvalue weighted by molar-refractivity contribution is -0.117. The Morgan fingerprint density at radius 3 is 2.69 bits per heavy atom. The molecule has 2 aromatic carbocycles. The molecule has 2 heterocycles. The first-order chi connectivity index (χ1) is 14.1. The summed E-state index contributed by atoms with van der Waals surface area (Å²) in [7, 11) is 3.06. The largest absolute Gasteiger partial charge is 0.493 e. The standard InChI is InChI=1S/C21H22N2O6/c1-26-16-5-3-14(8-18(16)27-2)21(25)22-10-13-7-20(24)23(11-13)15-4-6-17-19(9-15)29-12-28-17/h3-6,8-9,13H,7,10-12H2,1-2H3,(H,22,25). The van der Waals surface area contributed by atoms with Crippen LogP contribution in [-0.2, 0) is 4.79 Å². The highest BCUT2D eigenvalue weighted by Crippen LogP contribution is 2.37. The summed E-state index contributed by atoms with van der Waals surface area (Å²) in [5.41, 5.74) is 1.24. The van der Waals surface area contributed by atoms with Crippen molar-refractivity contribution in [2.75, 3.05) is 39.0 Å². The smallest absolute Gasteiger partial charge is 0.251 e. The second-order valence-electron chi connectivity index (χ2n) is 6.89. The van der Waals surface area contributed by atoms with E-state index < -0.39 is 0 Å². The van der Waals surface area contributed by atoms with Crippen molar-refractivity contribution in [2.24, 2.45) is 5.92 Å². The molecule has 0 spiro atoms. The Bertz CT molecular complexity index is 945. The van der Waals surface area contributed by atoms with Gasteiger partial charge in [0.05, 0.1) is 14.2 Å². The van der Waals surface area contributed by atoms with Crippen molar-refractivity contribution in [3.8, 4) is 23.0 Å². The van der Waals surface area contributed by atoms with Gasteiger partial charge in [-0.15, -0.1) is 0 Å². The molecule has 0 aliphatic carbocycles. The molecule has 8 heteroatoms. The van der Waals surface area contributed by atoms with Gasteiger partial charge >= 0.3 is 0 Å². The molecule has 29 heavy (non-hydrogen) atoms. The molecular formula is C21H22N2O6. The Balaban J connectivity index is 1.37. The lowest BCUT2D eigenvalue weighted by Gasteiger charge is -2.17. The molecule has 2 aliphatic heterocycles. The van der Waals surface area contributed by atoms with E-state index >= 15 is 0 Å². The maximum atomic E-state index is 12.5. The molecule has 1 fully saturated rings. The van der Waals surface area contributed by atoms with Crippen molar-refractivity contribution in [3.05, 3.63) is 42.0 Å². The number of rotatable bonds is 6. The summed E-state index contributed by atoms with van der Waals surface area (Å²) < 4.78 is 21.1. The number of benzene rings is 2. The predicted octanol–water partition coefficient (Wildman–Crippen LogP) is 2.22. The Morgan fingerprint density at radius 2 is 1.90 bits per heavy atom. The molecule has 2 aliphatic rings. The molecule has 0 radical (unpaired) electrons. The molecular weight excluding hydrogens is 376 g/mol. The zero-order valence-corrected chi connectivity index (χ0v) is 16.3. The van der Waals surface area contributed by atoms with E-state index in [1.165, 1.54) is 7.11 Å². The van der Waals surface area contributed by atoms with Crippen molar-refractivity contribution in [3.63, 3.8) is 0 Å². The molecule has 152 valence electrons. The van der Waals surface area contributed by atoms with Crippen molar-refractivity contribution in [2.45, 2.75) is 6.42 Å². The highest BCUT2D eigenvalue weighted by Gasteiger charge is 2.31. The summed E-state index contributed by atoms with van der Waals surface area (Å²) in [4.78, 5) is 26.7. The summed E-state index contributed by atoms with van der Waals surface area (Å²) >= 11 is 0. The molecule has 4 rings (SSSR count). The van der Waals surface area contributed by atoms with E-state index in [-0.39, 0.29) is 24.5 Å². The van der Waals surface area contributed by atoms with Gasteiger partial charge < -0.3 is 29.2 Å². The van der Waals surface area contributed by atoms with Crippen molar-refractivity contribution < 1.29 is 28.5 Å². The van der Waals surface area contributed by atoms with E-state index in [0.29, 0.717) is 48.1 Å². The first-order valence-corrected chi connectivity index (χ1v) is 9.29. The van der Waals surface area contributed by atoms with Crippen molar-refractivity contribution in [1.29, 1.82) is 0 Å². The van der Waals surface area contributed by atoms with Gasteiger partial charge in [-0.1, -0.05) is 0 Å². The van der Waals surface area contributed by atoms with Crippen LogP contribution in [-0.4, -0.2) is 45.9 Å². The first-order valence-electron chi connectivity index (χ1n) is 9.29. The van der Waals surface area contributed by atoms with Gasteiger partial charge in [0, 0.05) is 42.7 Å². The van der Waals surface area contributed by atoms with Crippen LogP contribution >= 0.6 is 0 Å². The van der Waals surface area contributed by atoms with E-state index in [1.807, 2.05) is 12.1 Å². The number of anilines is 1. The topological polar surface area (TPSA) is 86.3 Å². The number of nitrogens with one attached hydrogen (secondary N) is 1. The van der Waals surface area contributed by atoms with Crippen LogP contribution < -0.4 is 29.2 Å². The number of ether oxygens (including phenoxy) is 4. The van der Waals surface area contributed by atoms with E-state index in [4.69, 9.17) is 18.9 Å². The Morgan fingerprint density at radius 1 is 1.10 bits per heavy atom. The molecule has 0 bridgehead atoms. The van der Waals surface area contributed by atoms with E-state index in [2.05, 4.69) is 5.32 Å². The SMILES string of the molecule is COc1ccc(C(=O)NCC2CC(=O)N(c3ccc4c(c3)OCO4)C2)cc1OC. The second-order valence-corrected chi connectivity index (χ2v) is 6.89. The maximum Gasteiger partial charge on any atom is 0.251 e. The normalized spacial score (nSPS) is 17.4. The fraction of sp³-hybridized carbons (Fsp3) is 0.333. The monoisotopic (exact) mass is 398 g/mol. The lowest BCUT2D eigenvalue weighted by Crippen LogP contribution is -2.31. The van der Waals surface area contributed by atoms with Crippen LogP contribution in [0.4, 0.5) is 5.69 Å². The van der Waals surface area contributed by atoms with E-state index in [1.54, 1.807) is 36.3 Å². The van der Waals surface area contributed by atoms with Gasteiger partial charge in [0.15, 0.2) is 23.0 Å². The minimum absolute atomic E-state index is 0.0224. The summed E-state index contributed by atoms with van der Waals surface area (Å²) in [5.74, 6) is 2.20. The molecule has 0 aromatic heterocycles. The number of hydrogen-bond acceptors (Lipinski definition) is 6. The second kappa shape index (κ2) is 7.90. The number of methoxy groups -OCH3 is 2. The lowest BCUT2D eigenvalue weighted by atomic mass is 10.1. The van der Waals surface area contributed by atoms with Crippen molar-refractivity contribution >= 4 is 17.5 Å². The summed E-state index contributed by atoms with van der Waals surface area (Å²) in [5, 5.41) is 2.91. The number of carbonyl (C=O) groups is 2. The van der Waals surface area contributed by atoms with Crippen LogP contribution in [0.3, 0.4) is 0 Å². The fourth-order valence-corrected chi connectivity index (χ4v) is 3.54. The van der Waals surface area contributed by atoms with Crippen LogP contribution in [0.15, 0.2) is 36.4 Å². The summed E-state index contributed by atoms with van der Waals surface area (Å²) in [6, 6.07) is 10.5. The third-order valence-electron chi connectivity index (χ3n) is 5.07. The van der Waals surface area contributed by atoms with Gasteiger partial charge in [-0.2, -0.15) is 0 Å². The van der Waals surface area contributed by atoms with E-state index in [9.17, 15) is 9.59 Å². The predicted molar refractivity (Wildman–Crippen MR) is 105 cm³/mol. The minimum atomic E-state index is -0.222. The highest BCUT2D eigenvalue weighted by atomic mass is 16.7. The van der Waals surface area contributed by atoms with Crippen LogP contribution in [0, 0.1) is 5.92 Å². The zero-order valence-electron chi connectivity index (χ0n) is 16.3. The van der Waals surface area contributed by atoms with Crippen LogP contribution in [0.1, 0.15) is 16.8 Å². The van der Waals surface area contributed by atoms with Gasteiger partial charge in [0.2, 0.25) is 12.7 Å². The third kappa shape index (κ3) is 3.78. The Labute approximate surface area is 168 Å². The molecule has 0 saturated carbocycles. The van der Waals surface area contributed by atoms with Gasteiger partial charge in [-0.05, 0) is 30.3 Å².